The molecule has 2 amide bonds. The topological polar surface area (TPSA) is 102 Å². The van der Waals surface area contributed by atoms with Crippen molar-refractivity contribution in [3.63, 3.8) is 0 Å². The molecule has 0 saturated carbocycles. The van der Waals surface area contributed by atoms with Gasteiger partial charge < -0.3 is 15.8 Å². The van der Waals surface area contributed by atoms with E-state index in [4.69, 9.17) is 10.5 Å². The molecular weight excluding hydrogens is 390 g/mol. The van der Waals surface area contributed by atoms with Crippen molar-refractivity contribution in [1.29, 1.82) is 0 Å². The van der Waals surface area contributed by atoms with Crippen molar-refractivity contribution >= 4 is 34.8 Å². The highest BCUT2D eigenvalue weighted by Crippen LogP contribution is 2.35. The lowest BCUT2D eigenvalue weighted by molar-refractivity contribution is -0.121. The maximum atomic E-state index is 12.6. The van der Waals surface area contributed by atoms with E-state index in [-0.39, 0.29) is 25.6 Å². The Labute approximate surface area is 174 Å². The summed E-state index contributed by atoms with van der Waals surface area (Å²) in [7, 11) is 0. The molecule has 0 aliphatic rings. The lowest BCUT2D eigenvalue weighted by atomic mass is 10.2. The van der Waals surface area contributed by atoms with Gasteiger partial charge in [-0.2, -0.15) is 0 Å². The Hall–Kier alpha value is -2.71. The molecule has 0 unspecified atom stereocenters. The number of carbonyl (C=O) groups is 3. The zero-order chi connectivity index (χ0) is 21.2. The summed E-state index contributed by atoms with van der Waals surface area (Å²) in [4.78, 5) is 39.1. The number of rotatable bonds is 11. The second-order valence-electron chi connectivity index (χ2n) is 6.52. The van der Waals surface area contributed by atoms with Gasteiger partial charge in [0.2, 0.25) is 11.8 Å². The Kier molecular flexibility index (Phi) is 8.82. The minimum atomic E-state index is -0.483. The van der Waals surface area contributed by atoms with E-state index in [1.807, 2.05) is 37.3 Å². The van der Waals surface area contributed by atoms with Gasteiger partial charge in [-0.25, -0.2) is 4.79 Å². The highest BCUT2D eigenvalue weighted by Gasteiger charge is 2.21. The molecule has 8 heteroatoms. The van der Waals surface area contributed by atoms with Crippen molar-refractivity contribution in [2.75, 3.05) is 31.6 Å². The normalized spacial score (nSPS) is 10.7. The third-order valence-corrected chi connectivity index (χ3v) is 5.26. The van der Waals surface area contributed by atoms with E-state index in [1.54, 1.807) is 17.9 Å². The molecule has 0 aliphatic carbocycles. The maximum absolute atomic E-state index is 12.6. The van der Waals surface area contributed by atoms with E-state index in [1.165, 1.54) is 11.3 Å². The summed E-state index contributed by atoms with van der Waals surface area (Å²) >= 11 is 1.27. The fourth-order valence-corrected chi connectivity index (χ4v) is 3.80. The summed E-state index contributed by atoms with van der Waals surface area (Å²) in [5.41, 5.74) is 6.64. The van der Waals surface area contributed by atoms with E-state index in [0.717, 1.165) is 23.3 Å². The smallest absolute Gasteiger partial charge is 0.350 e. The van der Waals surface area contributed by atoms with Gasteiger partial charge in [-0.3, -0.25) is 14.5 Å². The summed E-state index contributed by atoms with van der Waals surface area (Å²) in [5.74, 6) is -1.27. The summed E-state index contributed by atoms with van der Waals surface area (Å²) in [5, 5.41) is 2.80. The summed E-state index contributed by atoms with van der Waals surface area (Å²) in [6.45, 7) is 4.63. The van der Waals surface area contributed by atoms with E-state index in [2.05, 4.69) is 5.32 Å². The summed E-state index contributed by atoms with van der Waals surface area (Å²) in [6, 6.07) is 11.4. The number of nitrogens with one attached hydrogen (secondary N) is 1. The van der Waals surface area contributed by atoms with Crippen LogP contribution < -0.4 is 11.1 Å². The molecule has 2 rings (SSSR count). The molecule has 1 aromatic carbocycles. The molecule has 156 valence electrons. The zero-order valence-electron chi connectivity index (χ0n) is 16.8. The summed E-state index contributed by atoms with van der Waals surface area (Å²) < 4.78 is 5.13. The van der Waals surface area contributed by atoms with Crippen LogP contribution in [-0.2, 0) is 14.3 Å². The van der Waals surface area contributed by atoms with Gasteiger partial charge in [-0.15, -0.1) is 11.3 Å². The minimum absolute atomic E-state index is 0.0110. The highest BCUT2D eigenvalue weighted by atomic mass is 32.1. The number of carbonyl (C=O) groups excluding carboxylic acids is 3. The van der Waals surface area contributed by atoms with Crippen LogP contribution in [0.15, 0.2) is 36.4 Å². The molecule has 2 aromatic rings. The standard InChI is InChI=1S/C21H27N3O4S/c1-3-5-11-24(13-18(22)25)14-19(26)23-16-12-17(15-9-7-6-8-10-15)29-20(16)21(27)28-4-2/h6-10,12H,3-5,11,13-14H2,1-2H3,(H2,22,25)(H,23,26). The number of nitrogens with two attached hydrogens (primary N) is 1. The van der Waals surface area contributed by atoms with Crippen molar-refractivity contribution < 1.29 is 19.1 Å². The zero-order valence-corrected chi connectivity index (χ0v) is 17.6. The van der Waals surface area contributed by atoms with Crippen molar-refractivity contribution in [3.05, 3.63) is 41.3 Å². The van der Waals surface area contributed by atoms with E-state index in [0.29, 0.717) is 17.1 Å². The highest BCUT2D eigenvalue weighted by molar-refractivity contribution is 7.18. The van der Waals surface area contributed by atoms with Gasteiger partial charge in [0.1, 0.15) is 4.88 Å². The number of amides is 2. The Balaban J connectivity index is 2.20. The number of nitrogens with zero attached hydrogens (tertiary/aromatic N) is 1. The molecular formula is C21H27N3O4S. The fraction of sp³-hybridized carbons (Fsp3) is 0.381. The van der Waals surface area contributed by atoms with E-state index < -0.39 is 11.9 Å². The van der Waals surface area contributed by atoms with Crippen LogP contribution in [0.3, 0.4) is 0 Å². The quantitative estimate of drug-likeness (QED) is 0.547. The van der Waals surface area contributed by atoms with Crippen LogP contribution in [0.25, 0.3) is 10.4 Å². The number of thiophene rings is 1. The molecule has 0 atom stereocenters. The number of benzene rings is 1. The van der Waals surface area contributed by atoms with E-state index in [9.17, 15) is 14.4 Å². The summed E-state index contributed by atoms with van der Waals surface area (Å²) in [6.07, 6.45) is 1.79. The van der Waals surface area contributed by atoms with E-state index >= 15 is 0 Å². The van der Waals surface area contributed by atoms with Crippen molar-refractivity contribution in [3.8, 4) is 10.4 Å². The molecule has 1 heterocycles. The number of hydrogen-bond acceptors (Lipinski definition) is 6. The Bertz CT molecular complexity index is 836. The fourth-order valence-electron chi connectivity index (χ4n) is 2.79. The number of hydrogen-bond donors (Lipinski definition) is 2. The molecule has 7 nitrogen and oxygen atoms in total. The number of anilines is 1. The molecule has 0 spiro atoms. The van der Waals surface area contributed by atoms with Gasteiger partial charge in [0.05, 0.1) is 25.4 Å². The first kappa shape index (κ1) is 22.6. The maximum Gasteiger partial charge on any atom is 0.350 e. The van der Waals surface area contributed by atoms with Gasteiger partial charge in [0.15, 0.2) is 0 Å². The molecule has 29 heavy (non-hydrogen) atoms. The second-order valence-corrected chi connectivity index (χ2v) is 7.57. The average molecular weight is 418 g/mol. The third-order valence-electron chi connectivity index (χ3n) is 4.10. The van der Waals surface area contributed by atoms with Gasteiger partial charge in [-0.1, -0.05) is 43.7 Å². The number of ether oxygens (including phenoxy) is 1. The largest absolute Gasteiger partial charge is 0.462 e. The van der Waals surface area contributed by atoms with Crippen LogP contribution >= 0.6 is 11.3 Å². The molecule has 1 aromatic heterocycles. The molecule has 0 saturated heterocycles. The first-order chi connectivity index (χ1) is 13.9. The molecule has 0 fully saturated rings. The molecule has 3 N–H and O–H groups in total. The van der Waals surface area contributed by atoms with Crippen LogP contribution in [0.2, 0.25) is 0 Å². The molecule has 0 radical (unpaired) electrons. The minimum Gasteiger partial charge on any atom is -0.462 e. The lowest BCUT2D eigenvalue weighted by Gasteiger charge is -2.19. The monoisotopic (exact) mass is 417 g/mol. The van der Waals surface area contributed by atoms with Crippen LogP contribution in [0.5, 0.6) is 0 Å². The Morgan fingerprint density at radius 3 is 2.48 bits per heavy atom. The van der Waals surface area contributed by atoms with Crippen LogP contribution in [-0.4, -0.2) is 48.9 Å². The van der Waals surface area contributed by atoms with Gasteiger partial charge in [0.25, 0.3) is 0 Å². The lowest BCUT2D eigenvalue weighted by Crippen LogP contribution is -2.39. The van der Waals surface area contributed by atoms with Crippen LogP contribution in [0.1, 0.15) is 36.4 Å². The Morgan fingerprint density at radius 2 is 1.86 bits per heavy atom. The molecule has 0 aliphatic heterocycles. The molecule has 0 bridgehead atoms. The van der Waals surface area contributed by atoms with Crippen molar-refractivity contribution in [2.24, 2.45) is 5.73 Å². The predicted octanol–water partition coefficient (Wildman–Crippen LogP) is 3.12. The number of esters is 1. The van der Waals surface area contributed by atoms with Crippen LogP contribution in [0.4, 0.5) is 5.69 Å². The van der Waals surface area contributed by atoms with Gasteiger partial charge >= 0.3 is 5.97 Å². The SMILES string of the molecule is CCCCN(CC(N)=O)CC(=O)Nc1cc(-c2ccccc2)sc1C(=O)OCC. The number of unbranched alkanes of at least 4 members (excludes halogenated alkanes) is 1. The predicted molar refractivity (Wildman–Crippen MR) is 115 cm³/mol. The second kappa shape index (κ2) is 11.3. The van der Waals surface area contributed by atoms with Gasteiger partial charge in [0, 0.05) is 4.88 Å². The number of primary amides is 1. The van der Waals surface area contributed by atoms with Crippen LogP contribution in [0, 0.1) is 0 Å². The Morgan fingerprint density at radius 1 is 1.14 bits per heavy atom. The first-order valence-electron chi connectivity index (χ1n) is 9.61. The first-order valence-corrected chi connectivity index (χ1v) is 10.4. The van der Waals surface area contributed by atoms with Gasteiger partial charge in [-0.05, 0) is 31.5 Å². The van der Waals surface area contributed by atoms with Crippen molar-refractivity contribution in [1.82, 2.24) is 4.90 Å². The third kappa shape index (κ3) is 6.99. The average Bonchev–Trinajstić information content (AvgIpc) is 3.10. The van der Waals surface area contributed by atoms with Crippen molar-refractivity contribution in [2.45, 2.75) is 26.7 Å².